The minimum absolute atomic E-state index is 0.636. The number of piperidine rings is 2. The van der Waals surface area contributed by atoms with E-state index in [1.807, 2.05) is 0 Å². The standard InChI is InChI=1S/C28H54N4/c1-23(2)29-15-9-27(10-16-29)13-19-31(21-27)25(5)7-8-26(6)32-20-14-28(22-32)11-17-30(18-12-28)24(3)4/h23-26H,7-22H2,1-6H3. The Hall–Kier alpha value is -0.160. The zero-order valence-corrected chi connectivity index (χ0v) is 22.4. The Balaban J connectivity index is 1.19. The summed E-state index contributed by atoms with van der Waals surface area (Å²) in [6.45, 7) is 25.2. The molecule has 0 aromatic heterocycles. The predicted molar refractivity (Wildman–Crippen MR) is 137 cm³/mol. The maximum absolute atomic E-state index is 2.85. The second-order valence-corrected chi connectivity index (χ2v) is 13.0. The van der Waals surface area contributed by atoms with Crippen molar-refractivity contribution in [3.05, 3.63) is 0 Å². The average Bonchev–Trinajstić information content (AvgIpc) is 3.38. The lowest BCUT2D eigenvalue weighted by Crippen LogP contribution is -2.45. The number of rotatable bonds is 7. The summed E-state index contributed by atoms with van der Waals surface area (Å²) in [4.78, 5) is 11.1. The largest absolute Gasteiger partial charge is 0.301 e. The molecular formula is C28H54N4. The second-order valence-electron chi connectivity index (χ2n) is 13.0. The maximum Gasteiger partial charge on any atom is 0.00677 e. The van der Waals surface area contributed by atoms with Crippen LogP contribution in [0.4, 0.5) is 0 Å². The van der Waals surface area contributed by atoms with Gasteiger partial charge in [-0.05, 0) is 143 Å². The minimum atomic E-state index is 0.636. The van der Waals surface area contributed by atoms with Crippen LogP contribution in [-0.2, 0) is 0 Å². The molecule has 4 rings (SSSR count). The Bertz CT molecular complexity index is 534. The zero-order chi connectivity index (χ0) is 22.9. The fourth-order valence-electron chi connectivity index (χ4n) is 7.39. The number of nitrogens with zero attached hydrogens (tertiary/aromatic N) is 4. The first-order valence-electron chi connectivity index (χ1n) is 14.2. The molecule has 4 heterocycles. The minimum Gasteiger partial charge on any atom is -0.301 e. The molecule has 0 radical (unpaired) electrons. The smallest absolute Gasteiger partial charge is 0.00677 e. The summed E-state index contributed by atoms with van der Waals surface area (Å²) >= 11 is 0. The van der Waals surface area contributed by atoms with E-state index in [4.69, 9.17) is 0 Å². The van der Waals surface area contributed by atoms with Gasteiger partial charge < -0.3 is 19.6 Å². The van der Waals surface area contributed by atoms with E-state index in [2.05, 4.69) is 61.1 Å². The van der Waals surface area contributed by atoms with E-state index in [9.17, 15) is 0 Å². The van der Waals surface area contributed by atoms with Crippen molar-refractivity contribution >= 4 is 0 Å². The molecule has 4 fully saturated rings. The van der Waals surface area contributed by atoms with Crippen LogP contribution in [0.3, 0.4) is 0 Å². The van der Waals surface area contributed by atoms with Gasteiger partial charge in [0, 0.05) is 37.3 Å². The van der Waals surface area contributed by atoms with E-state index >= 15 is 0 Å². The van der Waals surface area contributed by atoms with Gasteiger partial charge >= 0.3 is 0 Å². The second kappa shape index (κ2) is 10.2. The summed E-state index contributed by atoms with van der Waals surface area (Å²) in [6, 6.07) is 2.95. The molecule has 0 aliphatic carbocycles. The van der Waals surface area contributed by atoms with Crippen molar-refractivity contribution < 1.29 is 0 Å². The van der Waals surface area contributed by atoms with Gasteiger partial charge in [0.1, 0.15) is 0 Å². The molecule has 0 N–H and O–H groups in total. The maximum atomic E-state index is 2.85. The van der Waals surface area contributed by atoms with Gasteiger partial charge in [-0.1, -0.05) is 0 Å². The van der Waals surface area contributed by atoms with E-state index in [1.165, 1.54) is 104 Å². The van der Waals surface area contributed by atoms with E-state index in [0.29, 0.717) is 10.8 Å². The van der Waals surface area contributed by atoms with Gasteiger partial charge in [0.15, 0.2) is 0 Å². The van der Waals surface area contributed by atoms with Crippen molar-refractivity contribution in [3.8, 4) is 0 Å². The third-order valence-electron chi connectivity index (χ3n) is 10.4. The van der Waals surface area contributed by atoms with Crippen molar-refractivity contribution in [2.75, 3.05) is 52.4 Å². The van der Waals surface area contributed by atoms with Gasteiger partial charge in [0.2, 0.25) is 0 Å². The molecule has 32 heavy (non-hydrogen) atoms. The lowest BCUT2D eigenvalue weighted by molar-refractivity contribution is 0.0779. The van der Waals surface area contributed by atoms with Gasteiger partial charge in [0.25, 0.3) is 0 Å². The van der Waals surface area contributed by atoms with Crippen LogP contribution in [0.5, 0.6) is 0 Å². The molecule has 186 valence electrons. The molecule has 2 atom stereocenters. The van der Waals surface area contributed by atoms with E-state index in [0.717, 1.165) is 24.2 Å². The lowest BCUT2D eigenvalue weighted by Gasteiger charge is -2.42. The highest BCUT2D eigenvalue weighted by Gasteiger charge is 2.43. The van der Waals surface area contributed by atoms with Crippen LogP contribution in [0.25, 0.3) is 0 Å². The molecule has 4 nitrogen and oxygen atoms in total. The van der Waals surface area contributed by atoms with E-state index in [1.54, 1.807) is 0 Å². The summed E-state index contributed by atoms with van der Waals surface area (Å²) in [7, 11) is 0. The highest BCUT2D eigenvalue weighted by molar-refractivity contribution is 4.97. The Morgan fingerprint density at radius 3 is 1.03 bits per heavy atom. The quantitative estimate of drug-likeness (QED) is 0.549. The van der Waals surface area contributed by atoms with E-state index in [-0.39, 0.29) is 0 Å². The molecule has 0 amide bonds. The normalized spacial score (nSPS) is 29.6. The van der Waals surface area contributed by atoms with E-state index < -0.39 is 0 Å². The van der Waals surface area contributed by atoms with Crippen LogP contribution < -0.4 is 0 Å². The highest BCUT2D eigenvalue weighted by atomic mass is 15.2. The van der Waals surface area contributed by atoms with Crippen LogP contribution in [0.15, 0.2) is 0 Å². The molecule has 4 aliphatic rings. The molecule has 4 aliphatic heterocycles. The van der Waals surface area contributed by atoms with Crippen molar-refractivity contribution in [3.63, 3.8) is 0 Å². The molecule has 4 heteroatoms. The molecule has 0 aromatic carbocycles. The molecule has 2 spiro atoms. The lowest BCUT2D eigenvalue weighted by atomic mass is 9.77. The number of hydrogen-bond acceptors (Lipinski definition) is 4. The zero-order valence-electron chi connectivity index (χ0n) is 22.4. The Kier molecular flexibility index (Phi) is 7.97. The van der Waals surface area contributed by atoms with Crippen molar-refractivity contribution in [2.45, 2.75) is 117 Å². The van der Waals surface area contributed by atoms with Crippen LogP contribution in [0.1, 0.15) is 92.9 Å². The SMILES string of the molecule is CC(C)N1CCC2(CC1)CCN(C(C)CCC(C)N1CCC3(CCN(C(C)C)CC3)C1)C2. The molecular weight excluding hydrogens is 392 g/mol. The summed E-state index contributed by atoms with van der Waals surface area (Å²) in [5.41, 5.74) is 1.27. The van der Waals surface area contributed by atoms with Gasteiger partial charge in [-0.25, -0.2) is 0 Å². The van der Waals surface area contributed by atoms with Crippen LogP contribution in [-0.4, -0.2) is 96.1 Å². The van der Waals surface area contributed by atoms with Crippen molar-refractivity contribution in [1.29, 1.82) is 0 Å². The topological polar surface area (TPSA) is 13.0 Å². The first-order valence-corrected chi connectivity index (χ1v) is 14.2. The summed E-state index contributed by atoms with van der Waals surface area (Å²) in [5.74, 6) is 0. The summed E-state index contributed by atoms with van der Waals surface area (Å²) < 4.78 is 0. The number of likely N-dealkylation sites (tertiary alicyclic amines) is 4. The number of hydrogen-bond donors (Lipinski definition) is 0. The fraction of sp³-hybridized carbons (Fsp3) is 1.00. The average molecular weight is 447 g/mol. The van der Waals surface area contributed by atoms with Gasteiger partial charge in [-0.2, -0.15) is 0 Å². The van der Waals surface area contributed by atoms with Crippen LogP contribution in [0, 0.1) is 10.8 Å². The first-order chi connectivity index (χ1) is 15.2. The third kappa shape index (κ3) is 5.56. The van der Waals surface area contributed by atoms with Crippen LogP contribution >= 0.6 is 0 Å². The summed E-state index contributed by atoms with van der Waals surface area (Å²) in [5, 5.41) is 0. The van der Waals surface area contributed by atoms with Crippen molar-refractivity contribution in [2.24, 2.45) is 10.8 Å². The molecule has 2 unspecified atom stereocenters. The van der Waals surface area contributed by atoms with Crippen LogP contribution in [0.2, 0.25) is 0 Å². The molecule has 0 saturated carbocycles. The fourth-order valence-corrected chi connectivity index (χ4v) is 7.39. The molecule has 0 aromatic rings. The van der Waals surface area contributed by atoms with Gasteiger partial charge in [0.05, 0.1) is 0 Å². The Morgan fingerprint density at radius 1 is 0.469 bits per heavy atom. The van der Waals surface area contributed by atoms with Gasteiger partial charge in [-0.15, -0.1) is 0 Å². The first kappa shape index (κ1) is 24.9. The van der Waals surface area contributed by atoms with Gasteiger partial charge in [-0.3, -0.25) is 0 Å². The Morgan fingerprint density at radius 2 is 0.750 bits per heavy atom. The van der Waals surface area contributed by atoms with Crippen molar-refractivity contribution in [1.82, 2.24) is 19.6 Å². The Labute approximate surface area is 200 Å². The monoisotopic (exact) mass is 446 g/mol. The summed E-state index contributed by atoms with van der Waals surface area (Å²) in [6.07, 6.45) is 11.3. The highest BCUT2D eigenvalue weighted by Crippen LogP contribution is 2.43. The molecule has 0 bridgehead atoms. The third-order valence-corrected chi connectivity index (χ3v) is 10.4. The predicted octanol–water partition coefficient (Wildman–Crippen LogP) is 4.94. The molecule has 4 saturated heterocycles.